The maximum Gasteiger partial charge on any atom is 0.334 e. The van der Waals surface area contributed by atoms with Crippen LogP contribution in [0.4, 0.5) is 0 Å². The maximum absolute atomic E-state index is 7.45. The van der Waals surface area contributed by atoms with Gasteiger partial charge in [0.15, 0.2) is 0 Å². The van der Waals surface area contributed by atoms with Crippen molar-refractivity contribution in [1.29, 1.82) is 0 Å². The third-order valence-corrected chi connectivity index (χ3v) is 22.6. The summed E-state index contributed by atoms with van der Waals surface area (Å²) >= 11 is 0. The molecule has 0 radical (unpaired) electrons. The van der Waals surface area contributed by atoms with Crippen LogP contribution >= 0.6 is 0 Å². The molecule has 2 atom stereocenters. The van der Waals surface area contributed by atoms with E-state index in [1.54, 1.807) is 0 Å². The summed E-state index contributed by atoms with van der Waals surface area (Å²) in [5.74, 6) is 0. The monoisotopic (exact) mass is 610 g/mol. The Bertz CT molecular complexity index is 547. The van der Waals surface area contributed by atoms with Crippen molar-refractivity contribution in [2.24, 2.45) is 0 Å². The molecule has 10 heteroatoms. The molecule has 0 rings (SSSR count). The van der Waals surface area contributed by atoms with E-state index < -0.39 is 25.7 Å². The van der Waals surface area contributed by atoms with Crippen LogP contribution in [-0.4, -0.2) is 79.5 Å². The topological polar surface area (TPSA) is 64.6 Å². The Hall–Kier alpha value is 0.371. The van der Waals surface area contributed by atoms with Gasteiger partial charge in [0.05, 0.1) is 0 Å². The van der Waals surface area contributed by atoms with Crippen LogP contribution in [0.5, 0.6) is 0 Å². The smallest absolute Gasteiger partial charge is 0.334 e. The van der Waals surface area contributed by atoms with Crippen molar-refractivity contribution >= 4 is 25.7 Å². The van der Waals surface area contributed by atoms with Crippen LogP contribution in [0.2, 0.25) is 34.8 Å². The molecule has 7 nitrogen and oxygen atoms in total. The first-order chi connectivity index (χ1) is 18.5. The highest BCUT2D eigenvalue weighted by Crippen LogP contribution is 2.42. The van der Waals surface area contributed by atoms with Gasteiger partial charge in [0.1, 0.15) is 0 Å². The second kappa shape index (κ2) is 22.0. The van der Waals surface area contributed by atoms with E-state index in [0.717, 1.165) is 76.5 Å². The number of rotatable bonds is 27. The molecule has 0 amide bonds. The summed E-state index contributed by atoms with van der Waals surface area (Å²) in [6, 6.07) is 2.34. The van der Waals surface area contributed by atoms with Crippen molar-refractivity contribution in [3.8, 4) is 0 Å². The number of unbranched alkanes of at least 4 members (excludes halogenated alkanes) is 3. The zero-order chi connectivity index (χ0) is 29.8. The van der Waals surface area contributed by atoms with E-state index in [1.165, 1.54) is 0 Å². The van der Waals surface area contributed by atoms with E-state index in [9.17, 15) is 0 Å². The first-order valence-corrected chi connectivity index (χ1v) is 22.1. The molecule has 0 aliphatic rings. The summed E-state index contributed by atoms with van der Waals surface area (Å²) in [6.45, 7) is 24.2. The highest BCUT2D eigenvalue weighted by atomic mass is 28.5. The molecule has 0 bridgehead atoms. The van der Waals surface area contributed by atoms with E-state index in [0.29, 0.717) is 19.8 Å². The molecule has 0 saturated heterocycles. The minimum absolute atomic E-state index is 0.204. The fraction of sp³-hybridized carbons (Fsp3) is 1.00. The molecule has 0 aromatic heterocycles. The summed E-state index contributed by atoms with van der Waals surface area (Å²) < 4.78 is 45.8. The van der Waals surface area contributed by atoms with E-state index in [4.69, 9.17) is 31.3 Å². The molecule has 39 heavy (non-hydrogen) atoms. The summed E-state index contributed by atoms with van der Waals surface area (Å²) in [6.07, 6.45) is 6.59. The molecule has 0 aliphatic heterocycles. The second-order valence-corrected chi connectivity index (χ2v) is 23.9. The molecule has 0 aromatic carbocycles. The Morgan fingerprint density at radius 2 is 0.718 bits per heavy atom. The largest absolute Gasteiger partial charge is 0.414 e. The Kier molecular flexibility index (Phi) is 22.2. The lowest BCUT2D eigenvalue weighted by Crippen LogP contribution is -2.64. The van der Waals surface area contributed by atoms with E-state index in [2.05, 4.69) is 62.3 Å². The predicted molar refractivity (Wildman–Crippen MR) is 170 cm³/mol. The summed E-state index contributed by atoms with van der Waals surface area (Å²) in [7, 11) is -4.62. The van der Waals surface area contributed by atoms with Crippen LogP contribution in [0.25, 0.3) is 0 Å². The average Bonchev–Trinajstić information content (AvgIpc) is 2.90. The van der Waals surface area contributed by atoms with Crippen LogP contribution < -0.4 is 0 Å². The molecule has 0 aromatic rings. The lowest BCUT2D eigenvalue weighted by molar-refractivity contribution is 0.121. The third kappa shape index (κ3) is 13.9. The van der Waals surface area contributed by atoms with Crippen molar-refractivity contribution in [3.05, 3.63) is 0 Å². The predicted octanol–water partition coefficient (Wildman–Crippen LogP) is 8.32. The minimum Gasteiger partial charge on any atom is -0.414 e. The fourth-order valence-corrected chi connectivity index (χ4v) is 20.3. The highest BCUT2D eigenvalue weighted by molar-refractivity contribution is 6.88. The van der Waals surface area contributed by atoms with Crippen LogP contribution in [-0.2, 0) is 31.3 Å². The number of hydrogen-bond acceptors (Lipinski definition) is 7. The minimum atomic E-state index is -2.88. The van der Waals surface area contributed by atoms with Crippen molar-refractivity contribution in [2.45, 2.75) is 136 Å². The Morgan fingerprint density at radius 3 is 0.949 bits per heavy atom. The molecule has 0 fully saturated rings. The molecule has 0 N–H and O–H groups in total. The molecular formula is C29H66O7Si3. The normalized spacial score (nSPS) is 17.1. The number of hydrogen-bond donors (Lipinski definition) is 0. The van der Waals surface area contributed by atoms with Crippen LogP contribution in [0.3, 0.4) is 0 Å². The zero-order valence-electron chi connectivity index (χ0n) is 27.7. The molecular weight excluding hydrogens is 545 g/mol. The summed E-state index contributed by atoms with van der Waals surface area (Å²) in [5, 5.41) is 0. The van der Waals surface area contributed by atoms with Gasteiger partial charge in [-0.05, 0) is 35.9 Å². The van der Waals surface area contributed by atoms with Gasteiger partial charge >= 0.3 is 25.7 Å². The standard InChI is InChI=1S/C29H66O7Si3/c1-12-15-18-32-21-24-37(30-10,27(4)5)35-39(29(8)9,26-23-34-20-17-14-3)36-38(31-11,28(6)7)25-22-33-19-16-13-2/h27-29H,12-26H2,1-11H3. The quantitative estimate of drug-likeness (QED) is 0.0684. The molecule has 0 saturated carbocycles. The first-order valence-electron chi connectivity index (χ1n) is 15.8. The van der Waals surface area contributed by atoms with Gasteiger partial charge in [-0.15, -0.1) is 0 Å². The number of ether oxygens (including phenoxy) is 3. The van der Waals surface area contributed by atoms with Crippen LogP contribution in [0, 0.1) is 0 Å². The van der Waals surface area contributed by atoms with Crippen molar-refractivity contribution in [1.82, 2.24) is 0 Å². The van der Waals surface area contributed by atoms with E-state index in [-0.39, 0.29) is 16.6 Å². The second-order valence-electron chi connectivity index (χ2n) is 11.7. The SMILES string of the molecule is CCCCOCC[Si](OC)(O[Si](CCOCCCC)(O[Si](CCOCCCC)(OC)C(C)C)C(C)C)C(C)C. The fourth-order valence-electron chi connectivity index (χ4n) is 4.59. The third-order valence-electron chi connectivity index (χ3n) is 7.73. The van der Waals surface area contributed by atoms with E-state index >= 15 is 0 Å². The van der Waals surface area contributed by atoms with Crippen LogP contribution in [0.1, 0.15) is 101 Å². The summed E-state index contributed by atoms with van der Waals surface area (Å²) in [5.41, 5.74) is 0.709. The van der Waals surface area contributed by atoms with Gasteiger partial charge in [-0.2, -0.15) is 0 Å². The lowest BCUT2D eigenvalue weighted by Gasteiger charge is -2.48. The maximum atomic E-state index is 7.45. The van der Waals surface area contributed by atoms with Crippen molar-refractivity contribution in [2.75, 3.05) is 53.9 Å². The molecule has 236 valence electrons. The van der Waals surface area contributed by atoms with Gasteiger partial charge in [0, 0.05) is 72.0 Å². The molecule has 0 heterocycles. The lowest BCUT2D eigenvalue weighted by atomic mass is 10.4. The van der Waals surface area contributed by atoms with Gasteiger partial charge in [-0.25, -0.2) is 0 Å². The Balaban J connectivity index is 6.27. The first kappa shape index (κ1) is 39.4. The average molecular weight is 611 g/mol. The van der Waals surface area contributed by atoms with Crippen molar-refractivity contribution < 1.29 is 31.3 Å². The molecule has 2 unspecified atom stereocenters. The zero-order valence-corrected chi connectivity index (χ0v) is 30.7. The highest BCUT2D eigenvalue weighted by Gasteiger charge is 2.57. The molecule has 0 aliphatic carbocycles. The van der Waals surface area contributed by atoms with Gasteiger partial charge in [0.25, 0.3) is 0 Å². The summed E-state index contributed by atoms with van der Waals surface area (Å²) in [4.78, 5) is 0. The van der Waals surface area contributed by atoms with Gasteiger partial charge < -0.3 is 31.3 Å². The Labute approximate surface area is 246 Å². The van der Waals surface area contributed by atoms with Gasteiger partial charge in [-0.3, -0.25) is 0 Å². The van der Waals surface area contributed by atoms with Gasteiger partial charge in [-0.1, -0.05) is 81.6 Å². The van der Waals surface area contributed by atoms with Crippen LogP contribution in [0.15, 0.2) is 0 Å². The Morgan fingerprint density at radius 1 is 0.436 bits per heavy atom. The van der Waals surface area contributed by atoms with Gasteiger partial charge in [0.2, 0.25) is 0 Å². The van der Waals surface area contributed by atoms with Crippen molar-refractivity contribution in [3.63, 3.8) is 0 Å². The van der Waals surface area contributed by atoms with E-state index in [1.807, 2.05) is 14.2 Å². The molecule has 0 spiro atoms.